The van der Waals surface area contributed by atoms with Crippen LogP contribution in [0.1, 0.15) is 54.2 Å². The van der Waals surface area contributed by atoms with Crippen molar-refractivity contribution in [2.75, 3.05) is 19.1 Å². The van der Waals surface area contributed by atoms with E-state index in [1.807, 2.05) is 0 Å². The molecule has 2 N–H and O–H groups in total. The maximum Gasteiger partial charge on any atom is 0.280 e. The first-order chi connectivity index (χ1) is 17.8. The normalized spacial score (nSPS) is 14.6. The number of phenolic OH excluding ortho intramolecular Hbond substituents is 1. The molecule has 3 aromatic rings. The van der Waals surface area contributed by atoms with Gasteiger partial charge in [0, 0.05) is 24.2 Å². The lowest BCUT2D eigenvalue weighted by molar-refractivity contribution is -0.123. The maximum atomic E-state index is 14.1. The summed E-state index contributed by atoms with van der Waals surface area (Å²) < 4.78 is 15.2. The van der Waals surface area contributed by atoms with Crippen molar-refractivity contribution >= 4 is 52.2 Å². The first-order valence-electron chi connectivity index (χ1n) is 11.8. The molecule has 37 heavy (non-hydrogen) atoms. The zero-order chi connectivity index (χ0) is 26.5. The smallest absolute Gasteiger partial charge is 0.280 e. The Kier molecular flexibility index (Phi) is 8.79. The van der Waals surface area contributed by atoms with Crippen LogP contribution in [0.4, 0.5) is 5.69 Å². The van der Waals surface area contributed by atoms with Gasteiger partial charge in [0.2, 0.25) is 5.91 Å². The topological polar surface area (TPSA) is 101 Å². The van der Waals surface area contributed by atoms with Gasteiger partial charge in [0.05, 0.1) is 19.9 Å². The molecule has 0 saturated heterocycles. The van der Waals surface area contributed by atoms with Crippen molar-refractivity contribution in [3.05, 3.63) is 63.1 Å². The molecule has 0 aliphatic heterocycles. The summed E-state index contributed by atoms with van der Waals surface area (Å²) in [6, 6.07) is 9.94. The van der Waals surface area contributed by atoms with E-state index in [0.29, 0.717) is 22.7 Å². The van der Waals surface area contributed by atoms with E-state index in [0.717, 1.165) is 43.6 Å². The number of aromatic hydroxyl groups is 1. The highest BCUT2D eigenvalue weighted by molar-refractivity contribution is 7.11. The molecular formula is C26H27Cl2N3O5S. The van der Waals surface area contributed by atoms with Gasteiger partial charge in [-0.3, -0.25) is 14.5 Å². The first-order valence-corrected chi connectivity index (χ1v) is 13.3. The van der Waals surface area contributed by atoms with Crippen molar-refractivity contribution in [3.63, 3.8) is 0 Å². The lowest BCUT2D eigenvalue weighted by Crippen LogP contribution is -2.47. The number of hydrogen-bond donors (Lipinski definition) is 2. The monoisotopic (exact) mass is 563 g/mol. The molecule has 196 valence electrons. The van der Waals surface area contributed by atoms with E-state index in [1.165, 1.54) is 31.3 Å². The van der Waals surface area contributed by atoms with Gasteiger partial charge >= 0.3 is 0 Å². The average Bonchev–Trinajstić information content (AvgIpc) is 3.25. The number of amides is 2. The molecule has 11 heteroatoms. The van der Waals surface area contributed by atoms with Crippen molar-refractivity contribution in [2.24, 2.45) is 0 Å². The number of benzene rings is 2. The average molecular weight is 564 g/mol. The first kappa shape index (κ1) is 27.0. The van der Waals surface area contributed by atoms with Gasteiger partial charge in [0.15, 0.2) is 5.69 Å². The fourth-order valence-electron chi connectivity index (χ4n) is 4.42. The van der Waals surface area contributed by atoms with E-state index in [1.54, 1.807) is 30.3 Å². The molecule has 1 unspecified atom stereocenters. The highest BCUT2D eigenvalue weighted by Crippen LogP contribution is 2.38. The van der Waals surface area contributed by atoms with Crippen LogP contribution >= 0.6 is 34.7 Å². The van der Waals surface area contributed by atoms with Gasteiger partial charge < -0.3 is 19.9 Å². The molecule has 1 aliphatic rings. The molecule has 1 heterocycles. The summed E-state index contributed by atoms with van der Waals surface area (Å²) in [7, 11) is 2.99. The van der Waals surface area contributed by atoms with E-state index in [2.05, 4.69) is 9.69 Å². The summed E-state index contributed by atoms with van der Waals surface area (Å²) >= 11 is 13.4. The Balaban J connectivity index is 1.88. The van der Waals surface area contributed by atoms with Crippen LogP contribution in [-0.2, 0) is 4.79 Å². The highest BCUT2D eigenvalue weighted by Gasteiger charge is 2.37. The molecule has 4 rings (SSSR count). The molecule has 1 atom stereocenters. The second-order valence-electron chi connectivity index (χ2n) is 8.70. The fourth-order valence-corrected chi connectivity index (χ4v) is 5.41. The van der Waals surface area contributed by atoms with Crippen LogP contribution in [0.2, 0.25) is 9.36 Å². The number of carbonyl (C=O) groups excluding carboxylic acids is 2. The summed E-state index contributed by atoms with van der Waals surface area (Å²) in [5, 5.41) is 13.0. The largest absolute Gasteiger partial charge is 0.508 e. The lowest BCUT2D eigenvalue weighted by Gasteiger charge is -2.33. The number of phenols is 1. The van der Waals surface area contributed by atoms with Crippen LogP contribution in [-0.4, -0.2) is 41.6 Å². The summed E-state index contributed by atoms with van der Waals surface area (Å²) in [4.78, 5) is 29.3. The van der Waals surface area contributed by atoms with Crippen molar-refractivity contribution in [1.29, 1.82) is 0 Å². The van der Waals surface area contributed by atoms with Crippen LogP contribution in [0.5, 0.6) is 17.2 Å². The third-order valence-electron chi connectivity index (χ3n) is 6.30. The lowest BCUT2D eigenvalue weighted by atomic mass is 9.94. The Morgan fingerprint density at radius 1 is 1.05 bits per heavy atom. The molecular weight excluding hydrogens is 537 g/mol. The van der Waals surface area contributed by atoms with Crippen LogP contribution in [0, 0.1) is 0 Å². The molecule has 0 radical (unpaired) electrons. The van der Waals surface area contributed by atoms with Gasteiger partial charge in [-0.05, 0) is 42.1 Å². The van der Waals surface area contributed by atoms with Gasteiger partial charge in [0.25, 0.3) is 5.91 Å². The predicted molar refractivity (Wildman–Crippen MR) is 144 cm³/mol. The number of ether oxygens (including phenoxy) is 2. The predicted octanol–water partition coefficient (Wildman–Crippen LogP) is 6.01. The second-order valence-corrected chi connectivity index (χ2v) is 10.5. The Labute approximate surface area is 229 Å². The van der Waals surface area contributed by atoms with E-state index >= 15 is 0 Å². The minimum Gasteiger partial charge on any atom is -0.508 e. The summed E-state index contributed by atoms with van der Waals surface area (Å²) in [6.07, 6.45) is 4.91. The number of carbonyl (C=O) groups is 2. The van der Waals surface area contributed by atoms with E-state index < -0.39 is 11.9 Å². The quantitative estimate of drug-likeness (QED) is 0.348. The number of nitrogens with zero attached hydrogens (tertiary/aromatic N) is 2. The number of halogens is 2. The van der Waals surface area contributed by atoms with E-state index in [-0.39, 0.29) is 32.8 Å². The number of methoxy groups -OCH3 is 2. The third-order valence-corrected chi connectivity index (χ3v) is 7.91. The van der Waals surface area contributed by atoms with E-state index in [9.17, 15) is 14.7 Å². The SMILES string of the molecule is COc1cc(OC)cc(N(C(=O)c2nsc(Cl)c2Cl)C(C(=O)NC2CCCCC2)c2ccc(O)cc2)c1. The Morgan fingerprint density at radius 2 is 1.68 bits per heavy atom. The van der Waals surface area contributed by atoms with Crippen LogP contribution in [0.25, 0.3) is 0 Å². The fraction of sp³-hybridized carbons (Fsp3) is 0.346. The van der Waals surface area contributed by atoms with Crippen LogP contribution in [0.15, 0.2) is 42.5 Å². The van der Waals surface area contributed by atoms with Gasteiger partial charge in [-0.15, -0.1) is 0 Å². The van der Waals surface area contributed by atoms with Crippen molar-refractivity contribution in [2.45, 2.75) is 44.2 Å². The number of anilines is 1. The Morgan fingerprint density at radius 3 is 2.22 bits per heavy atom. The van der Waals surface area contributed by atoms with Crippen molar-refractivity contribution in [3.8, 4) is 17.2 Å². The number of rotatable bonds is 8. The number of nitrogens with one attached hydrogen (secondary N) is 1. The third kappa shape index (κ3) is 6.11. The molecule has 2 amide bonds. The van der Waals surface area contributed by atoms with Crippen molar-refractivity contribution in [1.82, 2.24) is 9.69 Å². The van der Waals surface area contributed by atoms with E-state index in [4.69, 9.17) is 32.7 Å². The van der Waals surface area contributed by atoms with Gasteiger partial charge in [-0.1, -0.05) is 54.6 Å². The summed E-state index contributed by atoms with van der Waals surface area (Å²) in [5.41, 5.74) is 0.740. The molecule has 0 bridgehead atoms. The molecule has 1 fully saturated rings. The van der Waals surface area contributed by atoms with Crippen LogP contribution < -0.4 is 19.7 Å². The Hall–Kier alpha value is -3.01. The second kappa shape index (κ2) is 12.0. The minimum atomic E-state index is -1.12. The Bertz CT molecular complexity index is 1240. The van der Waals surface area contributed by atoms with Gasteiger partial charge in [-0.25, -0.2) is 0 Å². The molecule has 8 nitrogen and oxygen atoms in total. The molecule has 0 spiro atoms. The number of aromatic nitrogens is 1. The highest BCUT2D eigenvalue weighted by atomic mass is 35.5. The molecule has 1 aromatic heterocycles. The minimum absolute atomic E-state index is 0.00466. The molecule has 1 saturated carbocycles. The summed E-state index contributed by atoms with van der Waals surface area (Å²) in [6.45, 7) is 0. The standard InChI is InChI=1S/C26H27Cl2N3O5S/c1-35-19-12-17(13-20(14-19)36-2)31(26(34)22-21(27)24(28)37-30-22)23(15-8-10-18(32)11-9-15)25(33)29-16-6-4-3-5-7-16/h8-14,16,23,32H,3-7H2,1-2H3,(H,29,33). The van der Waals surface area contributed by atoms with Gasteiger partial charge in [-0.2, -0.15) is 4.37 Å². The zero-order valence-corrected chi connectivity index (χ0v) is 22.7. The van der Waals surface area contributed by atoms with Crippen LogP contribution in [0.3, 0.4) is 0 Å². The van der Waals surface area contributed by atoms with Crippen molar-refractivity contribution < 1.29 is 24.2 Å². The zero-order valence-electron chi connectivity index (χ0n) is 20.4. The van der Waals surface area contributed by atoms with Gasteiger partial charge in [0.1, 0.15) is 32.6 Å². The maximum absolute atomic E-state index is 14.1. The summed E-state index contributed by atoms with van der Waals surface area (Å²) in [5.74, 6) is -0.116. The molecule has 1 aliphatic carbocycles. The number of hydrogen-bond acceptors (Lipinski definition) is 7. The molecule has 2 aromatic carbocycles.